The molecule has 6 nitrogen and oxygen atoms in total. The average Bonchev–Trinajstić information content (AvgIpc) is 2.95. The number of carbonyl (C=O) groups is 1. The smallest absolute Gasteiger partial charge is 0.241 e. The second kappa shape index (κ2) is 5.41. The van der Waals surface area contributed by atoms with Crippen LogP contribution in [0.5, 0.6) is 0 Å². The van der Waals surface area contributed by atoms with Crippen LogP contribution in [0, 0.1) is 0 Å². The van der Waals surface area contributed by atoms with Crippen LogP contribution in [0.4, 0.5) is 5.82 Å². The summed E-state index contributed by atoms with van der Waals surface area (Å²) >= 11 is 1.62. The van der Waals surface area contributed by atoms with Gasteiger partial charge in [-0.25, -0.2) is 4.98 Å². The summed E-state index contributed by atoms with van der Waals surface area (Å²) in [5, 5.41) is 5.22. The molecule has 3 heterocycles. The van der Waals surface area contributed by atoms with Crippen LogP contribution in [0.1, 0.15) is 12.1 Å². The molecule has 3 rings (SSSR count). The van der Waals surface area contributed by atoms with Crippen molar-refractivity contribution in [1.82, 2.24) is 19.6 Å². The van der Waals surface area contributed by atoms with Gasteiger partial charge < -0.3 is 15.1 Å². The Kier molecular flexibility index (Phi) is 3.62. The number of rotatable bonds is 3. The number of carbonyl (C=O) groups excluding carboxylic acids is 1. The molecule has 0 saturated carbocycles. The van der Waals surface area contributed by atoms with Crippen molar-refractivity contribution in [1.29, 1.82) is 0 Å². The number of amides is 1. The maximum absolute atomic E-state index is 12.1. The van der Waals surface area contributed by atoms with Gasteiger partial charge in [0.15, 0.2) is 10.8 Å². The molecule has 0 unspecified atom stereocenters. The van der Waals surface area contributed by atoms with Gasteiger partial charge in [0.2, 0.25) is 5.91 Å². The van der Waals surface area contributed by atoms with Crippen LogP contribution in [0.2, 0.25) is 0 Å². The molecular formula is C13H19N5OS. The molecule has 0 atom stereocenters. The normalized spacial score (nSPS) is 17.0. The highest BCUT2D eigenvalue weighted by Gasteiger charge is 2.24. The third-order valence-electron chi connectivity index (χ3n) is 3.66. The fourth-order valence-corrected chi connectivity index (χ4v) is 3.30. The number of imidazole rings is 1. The van der Waals surface area contributed by atoms with Gasteiger partial charge in [-0.3, -0.25) is 9.20 Å². The molecule has 2 aromatic heterocycles. The van der Waals surface area contributed by atoms with Crippen LogP contribution in [0.3, 0.4) is 0 Å². The second-order valence-corrected chi connectivity index (χ2v) is 5.93. The third kappa shape index (κ3) is 2.27. The Hall–Kier alpha value is -1.60. The monoisotopic (exact) mass is 293 g/mol. The van der Waals surface area contributed by atoms with Crippen LogP contribution in [-0.2, 0) is 11.3 Å². The minimum Gasteiger partial charge on any atom is -0.346 e. The number of nitrogens with one attached hydrogen (secondary N) is 1. The second-order valence-electron chi connectivity index (χ2n) is 5.06. The van der Waals surface area contributed by atoms with Crippen molar-refractivity contribution in [3.63, 3.8) is 0 Å². The van der Waals surface area contributed by atoms with Crippen molar-refractivity contribution in [3.05, 3.63) is 17.3 Å². The number of hydrogen-bond acceptors (Lipinski definition) is 5. The molecule has 2 aromatic rings. The Bertz CT molecular complexity index is 619. The molecule has 1 aliphatic rings. The Labute approximate surface area is 122 Å². The number of likely N-dealkylation sites (N-methyl/N-ethyl adjacent to an activating group) is 1. The van der Waals surface area contributed by atoms with Gasteiger partial charge in [0.1, 0.15) is 0 Å². The molecule has 1 aliphatic heterocycles. The lowest BCUT2D eigenvalue weighted by Gasteiger charge is -2.20. The first-order valence-corrected chi connectivity index (χ1v) is 7.66. The van der Waals surface area contributed by atoms with E-state index in [1.54, 1.807) is 16.2 Å². The molecule has 1 saturated heterocycles. The molecule has 0 aliphatic carbocycles. The summed E-state index contributed by atoms with van der Waals surface area (Å²) in [4.78, 5) is 21.7. The van der Waals surface area contributed by atoms with Gasteiger partial charge in [-0.2, -0.15) is 0 Å². The van der Waals surface area contributed by atoms with E-state index >= 15 is 0 Å². The molecule has 1 N–H and O–H groups in total. The summed E-state index contributed by atoms with van der Waals surface area (Å²) in [5.74, 6) is 1.10. The van der Waals surface area contributed by atoms with E-state index in [4.69, 9.17) is 4.98 Å². The first-order valence-electron chi connectivity index (χ1n) is 6.78. The fourth-order valence-electron chi connectivity index (χ4n) is 2.57. The maximum atomic E-state index is 12.1. The van der Waals surface area contributed by atoms with E-state index in [1.165, 1.54) is 0 Å². The molecule has 108 valence electrons. The van der Waals surface area contributed by atoms with E-state index in [0.717, 1.165) is 42.5 Å². The largest absolute Gasteiger partial charge is 0.346 e. The summed E-state index contributed by atoms with van der Waals surface area (Å²) in [6.45, 7) is 2.85. The van der Waals surface area contributed by atoms with Crippen molar-refractivity contribution in [3.8, 4) is 0 Å². The molecule has 0 radical (unpaired) electrons. The number of anilines is 1. The molecule has 7 heteroatoms. The van der Waals surface area contributed by atoms with Gasteiger partial charge >= 0.3 is 0 Å². The molecule has 0 spiro atoms. The van der Waals surface area contributed by atoms with Crippen molar-refractivity contribution in [2.75, 3.05) is 38.6 Å². The van der Waals surface area contributed by atoms with Crippen LogP contribution in [-0.4, -0.2) is 53.9 Å². The number of fused-ring (bicyclic) bond motifs is 1. The van der Waals surface area contributed by atoms with E-state index in [9.17, 15) is 4.79 Å². The van der Waals surface area contributed by atoms with Gasteiger partial charge in [0, 0.05) is 38.3 Å². The third-order valence-corrected chi connectivity index (χ3v) is 4.41. The SMILES string of the molecule is CNCc1c(N2CCCN(C)C(=O)C2)nc2sccn12. The standard InChI is InChI=1S/C13H19N5OS/c1-14-8-10-12(15-13-18(10)6-7-20-13)17-5-3-4-16(2)11(19)9-17/h6-7,14H,3-5,8-9H2,1-2H3. The average molecular weight is 293 g/mol. The van der Waals surface area contributed by atoms with Crippen LogP contribution in [0.25, 0.3) is 4.96 Å². The van der Waals surface area contributed by atoms with Gasteiger partial charge in [-0.05, 0) is 13.5 Å². The van der Waals surface area contributed by atoms with Crippen LogP contribution < -0.4 is 10.2 Å². The first kappa shape index (κ1) is 13.4. The Morgan fingerprint density at radius 3 is 3.10 bits per heavy atom. The lowest BCUT2D eigenvalue weighted by atomic mass is 10.3. The van der Waals surface area contributed by atoms with Crippen LogP contribution >= 0.6 is 11.3 Å². The Balaban J connectivity index is 1.97. The molecule has 0 bridgehead atoms. The minimum atomic E-state index is 0.161. The lowest BCUT2D eigenvalue weighted by Crippen LogP contribution is -2.35. The molecule has 20 heavy (non-hydrogen) atoms. The Morgan fingerprint density at radius 2 is 2.30 bits per heavy atom. The first-order chi connectivity index (χ1) is 9.70. The highest BCUT2D eigenvalue weighted by atomic mass is 32.1. The lowest BCUT2D eigenvalue weighted by molar-refractivity contribution is -0.127. The molecule has 0 aromatic carbocycles. The highest BCUT2D eigenvalue weighted by Crippen LogP contribution is 2.25. The van der Waals surface area contributed by atoms with Crippen molar-refractivity contribution in [2.45, 2.75) is 13.0 Å². The van der Waals surface area contributed by atoms with E-state index in [1.807, 2.05) is 25.7 Å². The van der Waals surface area contributed by atoms with Crippen molar-refractivity contribution >= 4 is 28.0 Å². The highest BCUT2D eigenvalue weighted by molar-refractivity contribution is 7.15. The van der Waals surface area contributed by atoms with Gasteiger partial charge in [-0.1, -0.05) is 0 Å². The molecule has 1 fully saturated rings. The minimum absolute atomic E-state index is 0.161. The zero-order valence-electron chi connectivity index (χ0n) is 11.8. The van der Waals surface area contributed by atoms with Crippen LogP contribution in [0.15, 0.2) is 11.6 Å². The van der Waals surface area contributed by atoms with E-state index < -0.39 is 0 Å². The van der Waals surface area contributed by atoms with E-state index in [0.29, 0.717) is 6.54 Å². The predicted octanol–water partition coefficient (Wildman–Crippen LogP) is 0.784. The topological polar surface area (TPSA) is 52.9 Å². The zero-order valence-corrected chi connectivity index (χ0v) is 12.6. The summed E-state index contributed by atoms with van der Waals surface area (Å²) in [6, 6.07) is 0. The number of nitrogens with zero attached hydrogens (tertiary/aromatic N) is 4. The summed E-state index contributed by atoms with van der Waals surface area (Å²) < 4.78 is 2.11. The molecular weight excluding hydrogens is 274 g/mol. The van der Waals surface area contributed by atoms with Gasteiger partial charge in [-0.15, -0.1) is 11.3 Å². The zero-order chi connectivity index (χ0) is 14.1. The van der Waals surface area contributed by atoms with E-state index in [-0.39, 0.29) is 5.91 Å². The van der Waals surface area contributed by atoms with Crippen molar-refractivity contribution < 1.29 is 4.79 Å². The molecule has 1 amide bonds. The number of thiazole rings is 1. The van der Waals surface area contributed by atoms with Gasteiger partial charge in [0.05, 0.1) is 12.2 Å². The predicted molar refractivity (Wildman–Crippen MR) is 80.3 cm³/mol. The fraction of sp³-hybridized carbons (Fsp3) is 0.538. The maximum Gasteiger partial charge on any atom is 0.241 e. The van der Waals surface area contributed by atoms with Crippen molar-refractivity contribution in [2.24, 2.45) is 0 Å². The number of aromatic nitrogens is 2. The Morgan fingerprint density at radius 1 is 1.45 bits per heavy atom. The summed E-state index contributed by atoms with van der Waals surface area (Å²) in [6.07, 6.45) is 3.02. The summed E-state index contributed by atoms with van der Waals surface area (Å²) in [5.41, 5.74) is 1.13. The number of hydrogen-bond donors (Lipinski definition) is 1. The summed E-state index contributed by atoms with van der Waals surface area (Å²) in [7, 11) is 3.79. The van der Waals surface area contributed by atoms with E-state index in [2.05, 4.69) is 14.6 Å². The van der Waals surface area contributed by atoms with Gasteiger partial charge in [0.25, 0.3) is 0 Å². The quantitative estimate of drug-likeness (QED) is 0.909.